The van der Waals surface area contributed by atoms with Gasteiger partial charge in [-0.1, -0.05) is 37.6 Å². The molecule has 0 atom stereocenters. The minimum atomic E-state index is -0.588. The molecule has 32 heavy (non-hydrogen) atoms. The van der Waals surface area contributed by atoms with Crippen LogP contribution in [0.5, 0.6) is 0 Å². The number of carbonyl (C=O) groups excluding carboxylic acids is 3. The zero-order valence-corrected chi connectivity index (χ0v) is 19.4. The molecule has 0 bridgehead atoms. The van der Waals surface area contributed by atoms with Crippen LogP contribution in [-0.2, 0) is 26.3 Å². The van der Waals surface area contributed by atoms with Gasteiger partial charge in [0.15, 0.2) is 0 Å². The Morgan fingerprint density at radius 1 is 1.06 bits per heavy atom. The fourth-order valence-electron chi connectivity index (χ4n) is 3.89. The highest BCUT2D eigenvalue weighted by Crippen LogP contribution is 2.49. The standard InChI is InChI=1S/C25H29ClN2O4/c1-4-17(5-2)22(29)27-15-16-12-18(23(30)32-3)14-21(13-16)28-24(31)25(10-11-25)19-6-8-20(26)9-7-19/h6-9,12-14,17H,4-5,10-11,15H2,1-3H3,(H,27,29)(H,28,31). The predicted octanol–water partition coefficient (Wildman–Crippen LogP) is 4.85. The lowest BCUT2D eigenvalue weighted by Gasteiger charge is -2.18. The average Bonchev–Trinajstić information content (AvgIpc) is 3.60. The van der Waals surface area contributed by atoms with Gasteiger partial charge in [0.25, 0.3) is 0 Å². The first-order valence-corrected chi connectivity index (χ1v) is 11.3. The number of nitrogens with one attached hydrogen (secondary N) is 2. The van der Waals surface area contributed by atoms with E-state index in [-0.39, 0.29) is 24.3 Å². The molecule has 1 aliphatic carbocycles. The molecule has 2 aromatic carbocycles. The van der Waals surface area contributed by atoms with E-state index in [2.05, 4.69) is 10.6 Å². The van der Waals surface area contributed by atoms with E-state index in [1.165, 1.54) is 7.11 Å². The number of hydrogen-bond acceptors (Lipinski definition) is 4. The molecule has 0 unspecified atom stereocenters. The Morgan fingerprint density at radius 3 is 2.28 bits per heavy atom. The van der Waals surface area contributed by atoms with Crippen molar-refractivity contribution >= 4 is 35.1 Å². The van der Waals surface area contributed by atoms with Gasteiger partial charge in [0.1, 0.15) is 0 Å². The van der Waals surface area contributed by atoms with E-state index in [1.54, 1.807) is 30.3 Å². The fraction of sp³-hybridized carbons (Fsp3) is 0.400. The summed E-state index contributed by atoms with van der Waals surface area (Å²) in [5.41, 5.74) is 1.84. The summed E-state index contributed by atoms with van der Waals surface area (Å²) in [6.07, 6.45) is 3.02. The third-order valence-electron chi connectivity index (χ3n) is 6.08. The van der Waals surface area contributed by atoms with Crippen molar-refractivity contribution in [1.82, 2.24) is 5.32 Å². The van der Waals surface area contributed by atoms with Crippen LogP contribution in [0.4, 0.5) is 5.69 Å². The third-order valence-corrected chi connectivity index (χ3v) is 6.33. The monoisotopic (exact) mass is 456 g/mol. The Balaban J connectivity index is 1.80. The Morgan fingerprint density at radius 2 is 1.72 bits per heavy atom. The number of ether oxygens (including phenoxy) is 1. The van der Waals surface area contributed by atoms with E-state index < -0.39 is 11.4 Å². The van der Waals surface area contributed by atoms with Crippen molar-refractivity contribution in [1.29, 1.82) is 0 Å². The van der Waals surface area contributed by atoms with Crippen LogP contribution in [0.3, 0.4) is 0 Å². The van der Waals surface area contributed by atoms with E-state index in [1.807, 2.05) is 26.0 Å². The number of amides is 2. The van der Waals surface area contributed by atoms with E-state index in [4.69, 9.17) is 16.3 Å². The van der Waals surface area contributed by atoms with Gasteiger partial charge in [0, 0.05) is 23.2 Å². The molecule has 3 rings (SSSR count). The maximum atomic E-state index is 13.1. The van der Waals surface area contributed by atoms with Gasteiger partial charge in [-0.2, -0.15) is 0 Å². The number of rotatable bonds is 9. The quantitative estimate of drug-likeness (QED) is 0.528. The normalized spacial score (nSPS) is 14.0. The third kappa shape index (κ3) is 5.30. The lowest BCUT2D eigenvalue weighted by molar-refractivity contribution is -0.125. The summed E-state index contributed by atoms with van der Waals surface area (Å²) in [5, 5.41) is 6.50. The van der Waals surface area contributed by atoms with Gasteiger partial charge in [-0.25, -0.2) is 4.79 Å². The summed E-state index contributed by atoms with van der Waals surface area (Å²) in [6.45, 7) is 4.21. The van der Waals surface area contributed by atoms with Gasteiger partial charge in [0.05, 0.1) is 18.1 Å². The highest BCUT2D eigenvalue weighted by molar-refractivity contribution is 6.30. The van der Waals surface area contributed by atoms with Gasteiger partial charge in [-0.3, -0.25) is 9.59 Å². The van der Waals surface area contributed by atoms with Crippen LogP contribution in [0, 0.1) is 5.92 Å². The van der Waals surface area contributed by atoms with Crippen LogP contribution in [0.2, 0.25) is 5.02 Å². The Labute approximate surface area is 193 Å². The number of hydrogen-bond donors (Lipinski definition) is 2. The fourth-order valence-corrected chi connectivity index (χ4v) is 4.01. The van der Waals surface area contributed by atoms with E-state index >= 15 is 0 Å². The van der Waals surface area contributed by atoms with Crippen LogP contribution < -0.4 is 10.6 Å². The lowest BCUT2D eigenvalue weighted by Crippen LogP contribution is -2.30. The smallest absolute Gasteiger partial charge is 0.337 e. The van der Waals surface area contributed by atoms with Crippen molar-refractivity contribution < 1.29 is 19.1 Å². The molecule has 0 aromatic heterocycles. The van der Waals surface area contributed by atoms with E-state index in [0.29, 0.717) is 21.8 Å². The maximum Gasteiger partial charge on any atom is 0.337 e. The molecule has 0 heterocycles. The topological polar surface area (TPSA) is 84.5 Å². The Bertz CT molecular complexity index is 996. The summed E-state index contributed by atoms with van der Waals surface area (Å²) >= 11 is 5.99. The van der Waals surface area contributed by atoms with E-state index in [9.17, 15) is 14.4 Å². The minimum absolute atomic E-state index is 0.0243. The number of anilines is 1. The molecular weight excluding hydrogens is 428 g/mol. The van der Waals surface area contributed by atoms with E-state index in [0.717, 1.165) is 31.2 Å². The van der Waals surface area contributed by atoms with Gasteiger partial charge < -0.3 is 15.4 Å². The SMILES string of the molecule is CCC(CC)C(=O)NCc1cc(NC(=O)C2(c3ccc(Cl)cc3)CC2)cc(C(=O)OC)c1. The molecule has 2 aromatic rings. The van der Waals surface area contributed by atoms with Crippen molar-refractivity contribution in [3.8, 4) is 0 Å². The van der Waals surface area contributed by atoms with Crippen LogP contribution >= 0.6 is 11.6 Å². The molecule has 0 radical (unpaired) electrons. The first kappa shape index (κ1) is 23.8. The number of carbonyl (C=O) groups is 3. The van der Waals surface area contributed by atoms with Gasteiger partial charge in [0.2, 0.25) is 11.8 Å². The zero-order valence-electron chi connectivity index (χ0n) is 18.7. The molecule has 1 saturated carbocycles. The highest BCUT2D eigenvalue weighted by Gasteiger charge is 2.51. The predicted molar refractivity (Wildman–Crippen MR) is 125 cm³/mol. The minimum Gasteiger partial charge on any atom is -0.465 e. The summed E-state index contributed by atoms with van der Waals surface area (Å²) in [7, 11) is 1.31. The van der Waals surface area contributed by atoms with Gasteiger partial charge >= 0.3 is 5.97 Å². The van der Waals surface area contributed by atoms with Gasteiger partial charge in [-0.15, -0.1) is 0 Å². The zero-order chi connectivity index (χ0) is 23.3. The summed E-state index contributed by atoms with van der Waals surface area (Å²) < 4.78 is 4.86. The van der Waals surface area contributed by atoms with Crippen molar-refractivity contribution in [2.24, 2.45) is 5.92 Å². The lowest BCUT2D eigenvalue weighted by atomic mass is 9.95. The summed E-state index contributed by atoms with van der Waals surface area (Å²) in [6, 6.07) is 12.3. The molecule has 2 amide bonds. The first-order valence-electron chi connectivity index (χ1n) is 10.9. The molecule has 1 aliphatic rings. The molecule has 2 N–H and O–H groups in total. The second kappa shape index (κ2) is 10.2. The molecule has 0 saturated heterocycles. The molecule has 0 aliphatic heterocycles. The maximum absolute atomic E-state index is 13.1. The number of esters is 1. The van der Waals surface area contributed by atoms with Crippen molar-refractivity contribution in [2.45, 2.75) is 51.5 Å². The van der Waals surface area contributed by atoms with Gasteiger partial charge in [-0.05, 0) is 67.1 Å². The number of benzene rings is 2. The molecule has 170 valence electrons. The summed E-state index contributed by atoms with van der Waals surface area (Å²) in [5.74, 6) is -0.711. The Hall–Kier alpha value is -2.86. The summed E-state index contributed by atoms with van der Waals surface area (Å²) in [4.78, 5) is 37.7. The largest absolute Gasteiger partial charge is 0.465 e. The van der Waals surface area contributed by atoms with Crippen LogP contribution in [0.1, 0.15) is 61.0 Å². The van der Waals surface area contributed by atoms with Crippen molar-refractivity contribution in [3.63, 3.8) is 0 Å². The van der Waals surface area contributed by atoms with Crippen molar-refractivity contribution in [3.05, 3.63) is 64.2 Å². The highest BCUT2D eigenvalue weighted by atomic mass is 35.5. The second-order valence-electron chi connectivity index (χ2n) is 8.18. The second-order valence-corrected chi connectivity index (χ2v) is 8.62. The first-order chi connectivity index (χ1) is 15.3. The van der Waals surface area contributed by atoms with Crippen molar-refractivity contribution in [2.75, 3.05) is 12.4 Å². The molecule has 0 spiro atoms. The van der Waals surface area contributed by atoms with Crippen LogP contribution in [0.25, 0.3) is 0 Å². The average molecular weight is 457 g/mol. The molecule has 6 nitrogen and oxygen atoms in total. The Kier molecular flexibility index (Phi) is 7.56. The number of methoxy groups -OCH3 is 1. The number of halogens is 1. The molecule has 1 fully saturated rings. The molecule has 7 heteroatoms. The van der Waals surface area contributed by atoms with Crippen LogP contribution in [-0.4, -0.2) is 24.9 Å². The van der Waals surface area contributed by atoms with Crippen LogP contribution in [0.15, 0.2) is 42.5 Å². The molecular formula is C25H29ClN2O4.